The molecule has 5 atom stereocenters. The lowest BCUT2D eigenvalue weighted by Gasteiger charge is -2.44. The summed E-state index contributed by atoms with van der Waals surface area (Å²) in [5.41, 5.74) is 0.775. The summed E-state index contributed by atoms with van der Waals surface area (Å²) in [7, 11) is -2.35. The Morgan fingerprint density at radius 3 is 2.44 bits per heavy atom. The van der Waals surface area contributed by atoms with E-state index in [2.05, 4.69) is 44.9 Å². The Morgan fingerprint density at radius 1 is 1.23 bits per heavy atom. The van der Waals surface area contributed by atoms with Crippen molar-refractivity contribution in [3.05, 3.63) is 33.8 Å². The summed E-state index contributed by atoms with van der Waals surface area (Å²) in [6.07, 6.45) is 6.24. The third-order valence-electron chi connectivity index (χ3n) is 8.64. The summed E-state index contributed by atoms with van der Waals surface area (Å²) in [5, 5.41) is 14.0. The smallest absolute Gasteiger partial charge is 0.309 e. The molecule has 0 unspecified atom stereocenters. The van der Waals surface area contributed by atoms with Gasteiger partial charge in [0, 0.05) is 23.1 Å². The summed E-state index contributed by atoms with van der Waals surface area (Å²) in [6, 6.07) is 0. The Kier molecular flexibility index (Phi) is 11.5. The third kappa shape index (κ3) is 8.94. The Labute approximate surface area is 241 Å². The molecule has 1 N–H and O–H groups in total. The van der Waals surface area contributed by atoms with Crippen LogP contribution < -0.4 is 0 Å². The molecule has 220 valence electrons. The second-order valence-corrected chi connectivity index (χ2v) is 19.2. The van der Waals surface area contributed by atoms with E-state index in [-0.39, 0.29) is 23.2 Å². The SMILES string of the molecule is C/C(=C\c1csc(C)n1)[C@@H]1C/C=C\CC[C@H](C)[C@H](O)[C@@H](C)C(=O)C(C)(C)[C@@H](O[Si](C)(C)C(C)(C)C)CC(=O)O1. The van der Waals surface area contributed by atoms with Gasteiger partial charge in [-0.25, -0.2) is 4.98 Å². The number of ether oxygens (including phenoxy) is 1. The Bertz CT molecular complexity index is 1050. The van der Waals surface area contributed by atoms with Crippen molar-refractivity contribution in [2.45, 2.75) is 124 Å². The summed E-state index contributed by atoms with van der Waals surface area (Å²) in [5.74, 6) is -1.10. The molecule has 0 fully saturated rings. The van der Waals surface area contributed by atoms with E-state index in [1.807, 2.05) is 52.2 Å². The second-order valence-electron chi connectivity index (χ2n) is 13.4. The fourth-order valence-electron chi connectivity index (χ4n) is 4.70. The van der Waals surface area contributed by atoms with E-state index in [0.29, 0.717) is 6.42 Å². The van der Waals surface area contributed by atoms with E-state index in [0.717, 1.165) is 29.1 Å². The minimum absolute atomic E-state index is 0.0348. The third-order valence-corrected chi connectivity index (χ3v) is 13.9. The number of hydrogen-bond donors (Lipinski definition) is 1. The number of thiazole rings is 1. The van der Waals surface area contributed by atoms with E-state index in [4.69, 9.17) is 9.16 Å². The first-order valence-electron chi connectivity index (χ1n) is 14.2. The molecule has 2 heterocycles. The van der Waals surface area contributed by atoms with Crippen molar-refractivity contribution >= 4 is 37.5 Å². The number of Topliss-reactive ketones (excluding diaryl/α,β-unsaturated/α-hetero) is 1. The zero-order chi connectivity index (χ0) is 29.8. The Balaban J connectivity index is 2.49. The van der Waals surface area contributed by atoms with Crippen LogP contribution in [0.5, 0.6) is 0 Å². The first kappa shape index (κ1) is 33.6. The highest BCUT2D eigenvalue weighted by Gasteiger charge is 2.48. The van der Waals surface area contributed by atoms with Crippen LogP contribution in [-0.4, -0.2) is 48.5 Å². The van der Waals surface area contributed by atoms with Gasteiger partial charge in [0.1, 0.15) is 11.9 Å². The number of nitrogens with zero attached hydrogens (tertiary/aromatic N) is 1. The van der Waals surface area contributed by atoms with Crippen molar-refractivity contribution in [1.29, 1.82) is 0 Å². The minimum Gasteiger partial charge on any atom is -0.457 e. The van der Waals surface area contributed by atoms with E-state index in [1.165, 1.54) is 0 Å². The van der Waals surface area contributed by atoms with Crippen LogP contribution in [0.2, 0.25) is 18.1 Å². The number of aliphatic hydroxyl groups excluding tert-OH is 1. The number of carbonyl (C=O) groups is 2. The number of hydrogen-bond acceptors (Lipinski definition) is 7. The molecule has 6 nitrogen and oxygen atoms in total. The quantitative estimate of drug-likeness (QED) is 0.226. The summed E-state index contributed by atoms with van der Waals surface area (Å²) in [4.78, 5) is 31.9. The zero-order valence-corrected chi connectivity index (χ0v) is 27.8. The number of cyclic esters (lactones) is 1. The molecule has 8 heteroatoms. The molecular formula is C31H51NO5SSi. The normalized spacial score (nSPS) is 29.3. The van der Waals surface area contributed by atoms with E-state index in [1.54, 1.807) is 18.3 Å². The number of carbonyl (C=O) groups excluding carboxylic acids is 2. The molecule has 0 bridgehead atoms. The molecule has 1 aliphatic heterocycles. The second kappa shape index (κ2) is 13.4. The Hall–Kier alpha value is -1.61. The maximum atomic E-state index is 13.9. The van der Waals surface area contributed by atoms with Crippen LogP contribution in [0.15, 0.2) is 23.1 Å². The van der Waals surface area contributed by atoms with Crippen molar-refractivity contribution in [3.63, 3.8) is 0 Å². The number of rotatable bonds is 4. The van der Waals surface area contributed by atoms with Gasteiger partial charge in [0.25, 0.3) is 0 Å². The number of aliphatic hydroxyl groups is 1. The first-order valence-corrected chi connectivity index (χ1v) is 18.0. The van der Waals surface area contributed by atoms with Crippen LogP contribution in [0, 0.1) is 24.2 Å². The molecule has 0 aliphatic carbocycles. The fourth-order valence-corrected chi connectivity index (χ4v) is 6.71. The Morgan fingerprint density at radius 2 is 1.87 bits per heavy atom. The highest BCUT2D eigenvalue weighted by Crippen LogP contribution is 2.42. The molecular weight excluding hydrogens is 526 g/mol. The summed E-state index contributed by atoms with van der Waals surface area (Å²) < 4.78 is 12.9. The lowest BCUT2D eigenvalue weighted by Crippen LogP contribution is -2.52. The van der Waals surface area contributed by atoms with Crippen LogP contribution in [0.3, 0.4) is 0 Å². The molecule has 39 heavy (non-hydrogen) atoms. The largest absolute Gasteiger partial charge is 0.457 e. The van der Waals surface area contributed by atoms with Gasteiger partial charge in [-0.05, 0) is 62.4 Å². The molecule has 1 aromatic rings. The van der Waals surface area contributed by atoms with Gasteiger partial charge in [0.15, 0.2) is 8.32 Å². The van der Waals surface area contributed by atoms with Crippen LogP contribution in [0.1, 0.15) is 91.8 Å². The van der Waals surface area contributed by atoms with Gasteiger partial charge < -0.3 is 14.3 Å². The molecule has 0 radical (unpaired) electrons. The summed E-state index contributed by atoms with van der Waals surface area (Å²) >= 11 is 1.58. The van der Waals surface area contributed by atoms with Crippen molar-refractivity contribution in [2.75, 3.05) is 0 Å². The standard InChI is InChI=1S/C31H51NO5SSi/c1-20-15-13-12-14-16-25(21(2)17-24-19-38-23(4)32-24)36-27(33)18-26(37-39(10,11)30(5,6)7)31(8,9)29(35)22(3)28(20)34/h12,14,17,19-20,22,25-26,28,34H,13,15-16,18H2,1-11H3/b14-12-,21-17+/t20-,22+,25-,26-,28-/m0/s1. The lowest BCUT2D eigenvalue weighted by molar-refractivity contribution is -0.153. The van der Waals surface area contributed by atoms with Gasteiger partial charge in [-0.1, -0.05) is 60.6 Å². The number of aryl methyl sites for hydroxylation is 1. The van der Waals surface area contributed by atoms with Crippen molar-refractivity contribution in [3.8, 4) is 0 Å². The first-order chi connectivity index (χ1) is 17.9. The predicted molar refractivity (Wildman–Crippen MR) is 163 cm³/mol. The van der Waals surface area contributed by atoms with E-state index < -0.39 is 43.9 Å². The van der Waals surface area contributed by atoms with Crippen molar-refractivity contribution in [1.82, 2.24) is 4.98 Å². The maximum Gasteiger partial charge on any atom is 0.309 e. The van der Waals surface area contributed by atoms with Gasteiger partial charge in [-0.3, -0.25) is 9.59 Å². The molecule has 0 spiro atoms. The van der Waals surface area contributed by atoms with E-state index >= 15 is 0 Å². The van der Waals surface area contributed by atoms with Gasteiger partial charge in [-0.15, -0.1) is 11.3 Å². The summed E-state index contributed by atoms with van der Waals surface area (Å²) in [6.45, 7) is 22.1. The molecule has 0 amide bonds. The molecule has 1 aromatic heterocycles. The highest BCUT2D eigenvalue weighted by atomic mass is 32.1. The van der Waals surface area contributed by atoms with Gasteiger partial charge in [0.2, 0.25) is 0 Å². The monoisotopic (exact) mass is 577 g/mol. The average molecular weight is 578 g/mol. The number of esters is 1. The fraction of sp³-hybridized carbons (Fsp3) is 0.710. The predicted octanol–water partition coefficient (Wildman–Crippen LogP) is 7.52. The van der Waals surface area contributed by atoms with Crippen LogP contribution in [0.25, 0.3) is 6.08 Å². The van der Waals surface area contributed by atoms with Crippen molar-refractivity contribution in [2.24, 2.45) is 17.3 Å². The van der Waals surface area contributed by atoms with Gasteiger partial charge in [0.05, 0.1) is 29.3 Å². The molecule has 2 rings (SSSR count). The number of ketones is 1. The lowest BCUT2D eigenvalue weighted by atomic mass is 9.73. The molecule has 0 saturated carbocycles. The number of aromatic nitrogens is 1. The van der Waals surface area contributed by atoms with Gasteiger partial charge >= 0.3 is 5.97 Å². The van der Waals surface area contributed by atoms with E-state index in [9.17, 15) is 14.7 Å². The molecule has 1 aliphatic rings. The molecule has 0 saturated heterocycles. The minimum atomic E-state index is -2.35. The van der Waals surface area contributed by atoms with Gasteiger partial charge in [-0.2, -0.15) is 0 Å². The van der Waals surface area contributed by atoms with Crippen LogP contribution in [0.4, 0.5) is 0 Å². The maximum absolute atomic E-state index is 13.9. The average Bonchev–Trinajstić information content (AvgIpc) is 3.23. The highest BCUT2D eigenvalue weighted by molar-refractivity contribution is 7.09. The van der Waals surface area contributed by atoms with Crippen LogP contribution >= 0.6 is 11.3 Å². The molecule has 0 aromatic carbocycles. The zero-order valence-electron chi connectivity index (χ0n) is 26.0. The van der Waals surface area contributed by atoms with Crippen molar-refractivity contribution < 1.29 is 23.9 Å². The topological polar surface area (TPSA) is 85.7 Å². The van der Waals surface area contributed by atoms with Crippen LogP contribution in [-0.2, 0) is 18.8 Å². The number of allylic oxidation sites excluding steroid dienone is 1.